The minimum atomic E-state index is -0.293. The van der Waals surface area contributed by atoms with Crippen LogP contribution in [0.25, 0.3) is 0 Å². The van der Waals surface area contributed by atoms with E-state index in [2.05, 4.69) is 31.1 Å². The van der Waals surface area contributed by atoms with Gasteiger partial charge in [-0.05, 0) is 68.5 Å². The Morgan fingerprint density at radius 3 is 2.64 bits per heavy atom. The Morgan fingerprint density at radius 2 is 1.96 bits per heavy atom. The molecule has 3 rings (SSSR count). The second kappa shape index (κ2) is 8.52. The number of thiocarbonyl (C=S) groups is 1. The van der Waals surface area contributed by atoms with E-state index in [1.165, 1.54) is 0 Å². The Hall–Kier alpha value is -2.73. The van der Waals surface area contributed by atoms with E-state index < -0.39 is 0 Å². The summed E-state index contributed by atoms with van der Waals surface area (Å²) < 4.78 is 17.0. The molecule has 0 saturated heterocycles. The minimum Gasteiger partial charge on any atom is -0.497 e. The van der Waals surface area contributed by atoms with Crippen LogP contribution in [0.1, 0.15) is 31.9 Å². The van der Waals surface area contributed by atoms with Gasteiger partial charge in [-0.25, -0.2) is 0 Å². The fourth-order valence-electron chi connectivity index (χ4n) is 3.20. The SMILES string of the molecule is C=CCOc1ccc(NC(=S)NC2CC(C)(C)Oc3ccc(OC)cc32)cc1. The molecule has 148 valence electrons. The van der Waals surface area contributed by atoms with Crippen molar-refractivity contribution < 1.29 is 14.2 Å². The second-order valence-corrected chi connectivity index (χ2v) is 7.65. The molecule has 6 heteroatoms. The number of ether oxygens (including phenoxy) is 3. The molecule has 0 spiro atoms. The van der Waals surface area contributed by atoms with Crippen molar-refractivity contribution in [3.63, 3.8) is 0 Å². The Morgan fingerprint density at radius 1 is 1.25 bits per heavy atom. The average molecular weight is 399 g/mol. The first-order valence-corrected chi connectivity index (χ1v) is 9.59. The number of nitrogens with one attached hydrogen (secondary N) is 2. The van der Waals surface area contributed by atoms with Gasteiger partial charge in [0.15, 0.2) is 5.11 Å². The molecule has 0 aliphatic carbocycles. The highest BCUT2D eigenvalue weighted by Gasteiger charge is 2.34. The van der Waals surface area contributed by atoms with Crippen molar-refractivity contribution in [2.75, 3.05) is 19.0 Å². The maximum absolute atomic E-state index is 6.11. The molecule has 1 aliphatic heterocycles. The van der Waals surface area contributed by atoms with Crippen LogP contribution in [0.4, 0.5) is 5.69 Å². The van der Waals surface area contributed by atoms with Crippen molar-refractivity contribution >= 4 is 23.0 Å². The fourth-order valence-corrected chi connectivity index (χ4v) is 3.46. The molecule has 2 aromatic carbocycles. The zero-order valence-corrected chi connectivity index (χ0v) is 17.3. The molecule has 0 saturated carbocycles. The van der Waals surface area contributed by atoms with E-state index in [4.69, 9.17) is 26.4 Å². The van der Waals surface area contributed by atoms with Gasteiger partial charge in [0.05, 0.1) is 13.2 Å². The van der Waals surface area contributed by atoms with Gasteiger partial charge in [0.25, 0.3) is 0 Å². The number of hydrogen-bond acceptors (Lipinski definition) is 4. The first-order chi connectivity index (χ1) is 13.4. The molecule has 0 amide bonds. The van der Waals surface area contributed by atoms with E-state index in [9.17, 15) is 0 Å². The van der Waals surface area contributed by atoms with Crippen molar-refractivity contribution in [2.24, 2.45) is 0 Å². The Balaban J connectivity index is 1.70. The van der Waals surface area contributed by atoms with Crippen LogP contribution >= 0.6 is 12.2 Å². The quantitative estimate of drug-likeness (QED) is 0.536. The topological polar surface area (TPSA) is 51.8 Å². The lowest BCUT2D eigenvalue weighted by atomic mass is 9.89. The summed E-state index contributed by atoms with van der Waals surface area (Å²) in [6, 6.07) is 13.5. The molecule has 1 heterocycles. The van der Waals surface area contributed by atoms with Crippen molar-refractivity contribution in [2.45, 2.75) is 31.9 Å². The van der Waals surface area contributed by atoms with Gasteiger partial charge in [-0.1, -0.05) is 12.7 Å². The molecule has 28 heavy (non-hydrogen) atoms. The van der Waals surface area contributed by atoms with Gasteiger partial charge in [0.2, 0.25) is 0 Å². The lowest BCUT2D eigenvalue weighted by molar-refractivity contribution is 0.0695. The van der Waals surface area contributed by atoms with Gasteiger partial charge in [-0.2, -0.15) is 0 Å². The van der Waals surface area contributed by atoms with Crippen LogP contribution in [0.2, 0.25) is 0 Å². The van der Waals surface area contributed by atoms with Crippen LogP contribution in [0.3, 0.4) is 0 Å². The first kappa shape index (κ1) is 20.0. The summed E-state index contributed by atoms with van der Waals surface area (Å²) in [6.07, 6.45) is 2.50. The van der Waals surface area contributed by atoms with Gasteiger partial charge >= 0.3 is 0 Å². The van der Waals surface area contributed by atoms with E-state index >= 15 is 0 Å². The molecule has 1 unspecified atom stereocenters. The monoisotopic (exact) mass is 398 g/mol. The van der Waals surface area contributed by atoms with Crippen molar-refractivity contribution in [3.8, 4) is 17.2 Å². The number of rotatable bonds is 6. The lowest BCUT2D eigenvalue weighted by Crippen LogP contribution is -2.42. The van der Waals surface area contributed by atoms with Crippen LogP contribution in [0, 0.1) is 0 Å². The van der Waals surface area contributed by atoms with Gasteiger partial charge in [-0.15, -0.1) is 0 Å². The summed E-state index contributed by atoms with van der Waals surface area (Å²) in [5.41, 5.74) is 1.63. The molecule has 0 bridgehead atoms. The Kier molecular flexibility index (Phi) is 6.09. The van der Waals surface area contributed by atoms with Gasteiger partial charge < -0.3 is 24.8 Å². The summed E-state index contributed by atoms with van der Waals surface area (Å²) >= 11 is 5.55. The molecule has 0 aromatic heterocycles. The molecular formula is C22H26N2O3S. The third-order valence-electron chi connectivity index (χ3n) is 4.46. The van der Waals surface area contributed by atoms with Crippen LogP contribution in [-0.4, -0.2) is 24.4 Å². The predicted molar refractivity (Wildman–Crippen MR) is 117 cm³/mol. The van der Waals surface area contributed by atoms with Gasteiger partial charge in [0.1, 0.15) is 29.5 Å². The predicted octanol–water partition coefficient (Wildman–Crippen LogP) is 4.85. The average Bonchev–Trinajstić information content (AvgIpc) is 2.66. The fraction of sp³-hybridized carbons (Fsp3) is 0.318. The molecule has 2 N–H and O–H groups in total. The largest absolute Gasteiger partial charge is 0.497 e. The maximum atomic E-state index is 6.11. The standard InChI is InChI=1S/C22H26N2O3S/c1-5-12-26-16-8-6-15(7-9-16)23-21(28)24-19-14-22(2,3)27-20-11-10-17(25-4)13-18(19)20/h5-11,13,19H,1,12,14H2,2-4H3,(H2,23,24,28). The van der Waals surface area contributed by atoms with E-state index in [1.807, 2.05) is 42.5 Å². The molecular weight excluding hydrogens is 372 g/mol. The number of methoxy groups -OCH3 is 1. The number of hydrogen-bond donors (Lipinski definition) is 2. The van der Waals surface area contributed by atoms with Crippen LogP contribution in [0.5, 0.6) is 17.2 Å². The van der Waals surface area contributed by atoms with E-state index in [0.29, 0.717) is 11.7 Å². The molecule has 5 nitrogen and oxygen atoms in total. The van der Waals surface area contributed by atoms with E-state index in [0.717, 1.165) is 34.9 Å². The van der Waals surface area contributed by atoms with Crippen molar-refractivity contribution in [1.82, 2.24) is 5.32 Å². The third-order valence-corrected chi connectivity index (χ3v) is 4.68. The van der Waals surface area contributed by atoms with Crippen LogP contribution in [0.15, 0.2) is 55.1 Å². The molecule has 1 aliphatic rings. The van der Waals surface area contributed by atoms with Crippen LogP contribution < -0.4 is 24.8 Å². The Labute approximate surface area is 171 Å². The summed E-state index contributed by atoms with van der Waals surface area (Å²) in [5, 5.41) is 7.20. The summed E-state index contributed by atoms with van der Waals surface area (Å²) in [7, 11) is 1.66. The summed E-state index contributed by atoms with van der Waals surface area (Å²) in [5.74, 6) is 2.43. The highest BCUT2D eigenvalue weighted by molar-refractivity contribution is 7.80. The lowest BCUT2D eigenvalue weighted by Gasteiger charge is -2.38. The van der Waals surface area contributed by atoms with Gasteiger partial charge in [-0.3, -0.25) is 0 Å². The maximum Gasteiger partial charge on any atom is 0.171 e. The summed E-state index contributed by atoms with van der Waals surface area (Å²) in [6.45, 7) is 8.28. The minimum absolute atomic E-state index is 0.0176. The summed E-state index contributed by atoms with van der Waals surface area (Å²) in [4.78, 5) is 0. The van der Waals surface area contributed by atoms with Crippen molar-refractivity contribution in [1.29, 1.82) is 0 Å². The molecule has 0 radical (unpaired) electrons. The smallest absolute Gasteiger partial charge is 0.171 e. The number of fused-ring (bicyclic) bond motifs is 1. The highest BCUT2D eigenvalue weighted by atomic mass is 32.1. The zero-order valence-electron chi connectivity index (χ0n) is 16.5. The van der Waals surface area contributed by atoms with E-state index in [1.54, 1.807) is 13.2 Å². The molecule has 0 fully saturated rings. The molecule has 1 atom stereocenters. The molecule has 2 aromatic rings. The second-order valence-electron chi connectivity index (χ2n) is 7.24. The highest BCUT2D eigenvalue weighted by Crippen LogP contribution is 2.41. The number of benzene rings is 2. The van der Waals surface area contributed by atoms with Gasteiger partial charge in [0, 0.05) is 17.7 Å². The van der Waals surface area contributed by atoms with Crippen molar-refractivity contribution in [3.05, 3.63) is 60.7 Å². The van der Waals surface area contributed by atoms with Crippen LogP contribution in [-0.2, 0) is 0 Å². The normalized spacial score (nSPS) is 16.9. The Bertz CT molecular complexity index is 849. The zero-order chi connectivity index (χ0) is 20.1. The number of anilines is 1. The van der Waals surface area contributed by atoms with E-state index in [-0.39, 0.29) is 11.6 Å². The third kappa shape index (κ3) is 4.95. The first-order valence-electron chi connectivity index (χ1n) is 9.18.